The average Bonchev–Trinajstić information content (AvgIpc) is 3.03. The molecular weight excluding hydrogens is 314 g/mol. The van der Waals surface area contributed by atoms with E-state index in [1.165, 1.54) is 4.68 Å². The summed E-state index contributed by atoms with van der Waals surface area (Å²) in [5.41, 5.74) is 9.97. The van der Waals surface area contributed by atoms with Crippen molar-refractivity contribution < 1.29 is 4.79 Å². The minimum Gasteiger partial charge on any atom is -0.382 e. The van der Waals surface area contributed by atoms with Crippen LogP contribution in [0.2, 0.25) is 0 Å². The second kappa shape index (κ2) is 6.70. The number of rotatable bonds is 5. The molecule has 25 heavy (non-hydrogen) atoms. The van der Waals surface area contributed by atoms with Gasteiger partial charge in [-0.15, -0.1) is 5.10 Å². The molecular formula is C19H25N5O. The number of aryl methyl sites for hydroxylation is 1. The Morgan fingerprint density at radius 1 is 1.20 bits per heavy atom. The Bertz CT molecular complexity index is 919. The highest BCUT2D eigenvalue weighted by Gasteiger charge is 2.17. The highest BCUT2D eigenvalue weighted by Crippen LogP contribution is 2.21. The summed E-state index contributed by atoms with van der Waals surface area (Å²) >= 11 is 0. The zero-order valence-electron chi connectivity index (χ0n) is 15.3. The van der Waals surface area contributed by atoms with Gasteiger partial charge in [0, 0.05) is 24.0 Å². The maximum absolute atomic E-state index is 12.7. The SMILES string of the molecule is Cc1nn(CC(C)C)c(C)c1CCC(=O)n1nc(N)c2ccccc21. The molecule has 0 saturated heterocycles. The second-order valence-corrected chi connectivity index (χ2v) is 6.93. The van der Waals surface area contributed by atoms with Crippen molar-refractivity contribution in [2.45, 2.75) is 47.1 Å². The van der Waals surface area contributed by atoms with Crippen LogP contribution in [0.3, 0.4) is 0 Å². The number of carbonyl (C=O) groups excluding carboxylic acids is 1. The van der Waals surface area contributed by atoms with E-state index < -0.39 is 0 Å². The smallest absolute Gasteiger partial charge is 0.247 e. The number of benzene rings is 1. The molecule has 6 heteroatoms. The Morgan fingerprint density at radius 2 is 1.92 bits per heavy atom. The maximum Gasteiger partial charge on any atom is 0.247 e. The summed E-state index contributed by atoms with van der Waals surface area (Å²) in [4.78, 5) is 12.7. The van der Waals surface area contributed by atoms with Crippen LogP contribution in [0.5, 0.6) is 0 Å². The molecule has 3 aromatic rings. The maximum atomic E-state index is 12.7. The van der Waals surface area contributed by atoms with E-state index in [1.807, 2.05) is 35.9 Å². The summed E-state index contributed by atoms with van der Waals surface area (Å²) in [6, 6.07) is 7.53. The zero-order chi connectivity index (χ0) is 18.1. The molecule has 3 rings (SSSR count). The molecule has 0 radical (unpaired) electrons. The summed E-state index contributed by atoms with van der Waals surface area (Å²) in [6.45, 7) is 9.31. The van der Waals surface area contributed by atoms with Crippen molar-refractivity contribution in [3.8, 4) is 0 Å². The van der Waals surface area contributed by atoms with E-state index in [4.69, 9.17) is 5.73 Å². The molecule has 0 saturated carbocycles. The molecule has 0 bridgehead atoms. The van der Waals surface area contributed by atoms with Gasteiger partial charge in [0.05, 0.1) is 11.2 Å². The van der Waals surface area contributed by atoms with Gasteiger partial charge in [0.15, 0.2) is 5.82 Å². The summed E-state index contributed by atoms with van der Waals surface area (Å²) in [7, 11) is 0. The third kappa shape index (κ3) is 3.29. The highest BCUT2D eigenvalue weighted by atomic mass is 16.2. The number of para-hydroxylation sites is 1. The number of aromatic nitrogens is 4. The Labute approximate surface area is 147 Å². The number of nitrogens with two attached hydrogens (primary N) is 1. The topological polar surface area (TPSA) is 78.7 Å². The lowest BCUT2D eigenvalue weighted by molar-refractivity contribution is 0.0893. The van der Waals surface area contributed by atoms with Gasteiger partial charge in [-0.05, 0) is 43.9 Å². The van der Waals surface area contributed by atoms with Gasteiger partial charge in [-0.2, -0.15) is 9.78 Å². The van der Waals surface area contributed by atoms with Gasteiger partial charge in [-0.25, -0.2) is 0 Å². The van der Waals surface area contributed by atoms with Crippen LogP contribution in [0, 0.1) is 19.8 Å². The first-order valence-corrected chi connectivity index (χ1v) is 8.67. The summed E-state index contributed by atoms with van der Waals surface area (Å²) in [6.07, 6.45) is 1.03. The third-order valence-corrected chi connectivity index (χ3v) is 4.51. The zero-order valence-corrected chi connectivity index (χ0v) is 15.3. The molecule has 2 N–H and O–H groups in total. The first-order valence-electron chi connectivity index (χ1n) is 8.67. The first kappa shape index (κ1) is 17.2. The van der Waals surface area contributed by atoms with Gasteiger partial charge in [0.2, 0.25) is 5.91 Å². The summed E-state index contributed by atoms with van der Waals surface area (Å²) in [5.74, 6) is 0.871. The monoisotopic (exact) mass is 339 g/mol. The van der Waals surface area contributed by atoms with E-state index in [2.05, 4.69) is 31.0 Å². The quantitative estimate of drug-likeness (QED) is 0.773. The van der Waals surface area contributed by atoms with Crippen molar-refractivity contribution >= 4 is 22.6 Å². The van der Waals surface area contributed by atoms with Gasteiger partial charge in [0.25, 0.3) is 0 Å². The molecule has 0 atom stereocenters. The van der Waals surface area contributed by atoms with E-state index in [9.17, 15) is 4.79 Å². The minimum absolute atomic E-state index is 0.0525. The average molecular weight is 339 g/mol. The number of carbonyl (C=O) groups is 1. The van der Waals surface area contributed by atoms with Gasteiger partial charge in [-0.3, -0.25) is 9.48 Å². The third-order valence-electron chi connectivity index (χ3n) is 4.51. The van der Waals surface area contributed by atoms with Crippen LogP contribution >= 0.6 is 0 Å². The van der Waals surface area contributed by atoms with Crippen LogP contribution in [0.15, 0.2) is 24.3 Å². The molecule has 1 aromatic carbocycles. The van der Waals surface area contributed by atoms with Crippen molar-refractivity contribution in [2.24, 2.45) is 5.92 Å². The van der Waals surface area contributed by atoms with E-state index >= 15 is 0 Å². The van der Waals surface area contributed by atoms with Crippen LogP contribution in [-0.4, -0.2) is 25.5 Å². The Kier molecular flexibility index (Phi) is 4.61. The van der Waals surface area contributed by atoms with Crippen LogP contribution in [0.4, 0.5) is 5.82 Å². The van der Waals surface area contributed by atoms with Crippen molar-refractivity contribution in [1.82, 2.24) is 19.6 Å². The standard InChI is InChI=1S/C19H25N5O/c1-12(2)11-23-14(4)15(13(3)21-23)9-10-18(25)24-17-8-6-5-7-16(17)19(20)22-24/h5-8,12H,9-11H2,1-4H3,(H2,20,22). The molecule has 0 amide bonds. The van der Waals surface area contributed by atoms with Crippen molar-refractivity contribution in [3.05, 3.63) is 41.2 Å². The lowest BCUT2D eigenvalue weighted by Crippen LogP contribution is -2.14. The van der Waals surface area contributed by atoms with Crippen LogP contribution in [0.25, 0.3) is 10.9 Å². The van der Waals surface area contributed by atoms with Crippen LogP contribution < -0.4 is 5.73 Å². The second-order valence-electron chi connectivity index (χ2n) is 6.93. The largest absolute Gasteiger partial charge is 0.382 e. The molecule has 0 aliphatic heterocycles. The highest BCUT2D eigenvalue weighted by molar-refractivity contribution is 5.96. The fourth-order valence-corrected chi connectivity index (χ4v) is 3.24. The predicted octanol–water partition coefficient (Wildman–Crippen LogP) is 3.36. The number of hydrogen-bond acceptors (Lipinski definition) is 4. The van der Waals surface area contributed by atoms with Crippen molar-refractivity contribution in [2.75, 3.05) is 5.73 Å². The molecule has 0 aliphatic rings. The van der Waals surface area contributed by atoms with Gasteiger partial charge < -0.3 is 5.73 Å². The van der Waals surface area contributed by atoms with Crippen LogP contribution in [-0.2, 0) is 13.0 Å². The number of nitrogen functional groups attached to an aromatic ring is 1. The molecule has 0 aliphatic carbocycles. The first-order chi connectivity index (χ1) is 11.9. The number of fused-ring (bicyclic) bond motifs is 1. The lowest BCUT2D eigenvalue weighted by atomic mass is 10.1. The van der Waals surface area contributed by atoms with E-state index in [-0.39, 0.29) is 5.91 Å². The fraction of sp³-hybridized carbons (Fsp3) is 0.421. The van der Waals surface area contributed by atoms with E-state index in [1.54, 1.807) is 0 Å². The molecule has 2 aromatic heterocycles. The van der Waals surface area contributed by atoms with E-state index in [0.717, 1.165) is 34.4 Å². The Balaban J connectivity index is 1.80. The molecule has 0 fully saturated rings. The number of anilines is 1. The van der Waals surface area contributed by atoms with Gasteiger partial charge in [-0.1, -0.05) is 26.0 Å². The normalized spacial score (nSPS) is 11.6. The molecule has 0 spiro atoms. The Morgan fingerprint density at radius 3 is 2.64 bits per heavy atom. The number of nitrogens with zero attached hydrogens (tertiary/aromatic N) is 4. The fourth-order valence-electron chi connectivity index (χ4n) is 3.24. The van der Waals surface area contributed by atoms with Crippen molar-refractivity contribution in [1.29, 1.82) is 0 Å². The van der Waals surface area contributed by atoms with Gasteiger partial charge >= 0.3 is 0 Å². The molecule has 2 heterocycles. The summed E-state index contributed by atoms with van der Waals surface area (Å²) < 4.78 is 3.47. The van der Waals surface area contributed by atoms with Gasteiger partial charge in [0.1, 0.15) is 0 Å². The molecule has 132 valence electrons. The predicted molar refractivity (Wildman–Crippen MR) is 99.6 cm³/mol. The van der Waals surface area contributed by atoms with Crippen molar-refractivity contribution in [3.63, 3.8) is 0 Å². The van der Waals surface area contributed by atoms with E-state index in [0.29, 0.717) is 24.6 Å². The molecule has 6 nitrogen and oxygen atoms in total. The minimum atomic E-state index is -0.0525. The lowest BCUT2D eigenvalue weighted by Gasteiger charge is -2.08. The van der Waals surface area contributed by atoms with Crippen LogP contribution in [0.1, 0.15) is 42.0 Å². The Hall–Kier alpha value is -2.63. The summed E-state index contributed by atoms with van der Waals surface area (Å²) in [5, 5.41) is 9.65. The number of hydrogen-bond donors (Lipinski definition) is 1. The molecule has 0 unspecified atom stereocenters.